The molecule has 0 saturated heterocycles. The molecule has 0 aliphatic carbocycles. The van der Waals surface area contributed by atoms with Crippen LogP contribution in [0.4, 0.5) is 0 Å². The van der Waals surface area contributed by atoms with Gasteiger partial charge >= 0.3 is 0 Å². The third-order valence-electron chi connectivity index (χ3n) is 0.894. The summed E-state index contributed by atoms with van der Waals surface area (Å²) < 4.78 is 4.92. The Labute approximate surface area is 54.5 Å². The van der Waals surface area contributed by atoms with Crippen LogP contribution >= 0.6 is 0 Å². The summed E-state index contributed by atoms with van der Waals surface area (Å²) in [7, 11) is 0. The first-order valence-electron chi connectivity index (χ1n) is 2.76. The third-order valence-corrected chi connectivity index (χ3v) is 0.894. The molecule has 2 N–H and O–H groups in total. The molecule has 0 heterocycles. The van der Waals surface area contributed by atoms with Crippen molar-refractivity contribution in [1.82, 2.24) is 0 Å². The SMILES string of the molecule is CCOC(C)=C(N)C=O. The number of aldehydes is 1. The standard InChI is InChI=1S/C6H11NO2/c1-3-9-5(2)6(7)4-8/h4H,3,7H2,1-2H3. The molecular formula is C6H11NO2. The van der Waals surface area contributed by atoms with E-state index in [1.165, 1.54) is 0 Å². The Kier molecular flexibility index (Phi) is 3.51. The zero-order valence-electron chi connectivity index (χ0n) is 5.68. The molecule has 0 saturated carbocycles. The number of ether oxygens (including phenoxy) is 1. The summed E-state index contributed by atoms with van der Waals surface area (Å²) in [5.74, 6) is 0.493. The van der Waals surface area contributed by atoms with Crippen molar-refractivity contribution in [1.29, 1.82) is 0 Å². The molecule has 0 aromatic rings. The molecule has 3 heteroatoms. The maximum Gasteiger partial charge on any atom is 0.169 e. The molecule has 0 rings (SSSR count). The van der Waals surface area contributed by atoms with Gasteiger partial charge in [-0.15, -0.1) is 0 Å². The van der Waals surface area contributed by atoms with Gasteiger partial charge in [-0.3, -0.25) is 4.79 Å². The Morgan fingerprint density at radius 2 is 2.33 bits per heavy atom. The number of rotatable bonds is 3. The van der Waals surface area contributed by atoms with Gasteiger partial charge in [-0.05, 0) is 13.8 Å². The van der Waals surface area contributed by atoms with E-state index in [0.29, 0.717) is 18.7 Å². The van der Waals surface area contributed by atoms with Crippen molar-refractivity contribution in [3.8, 4) is 0 Å². The molecule has 0 amide bonds. The number of carbonyl (C=O) groups is 1. The van der Waals surface area contributed by atoms with Crippen molar-refractivity contribution in [2.45, 2.75) is 13.8 Å². The summed E-state index contributed by atoms with van der Waals surface area (Å²) in [6, 6.07) is 0. The van der Waals surface area contributed by atoms with Crippen LogP contribution in [0.2, 0.25) is 0 Å². The molecule has 0 aliphatic heterocycles. The largest absolute Gasteiger partial charge is 0.496 e. The highest BCUT2D eigenvalue weighted by Crippen LogP contribution is 1.95. The summed E-state index contributed by atoms with van der Waals surface area (Å²) in [5.41, 5.74) is 5.35. The fourth-order valence-corrected chi connectivity index (χ4v) is 0.383. The number of carbonyl (C=O) groups excluding carboxylic acids is 1. The van der Waals surface area contributed by atoms with Gasteiger partial charge in [0.1, 0.15) is 11.5 Å². The average Bonchev–Trinajstić information content (AvgIpc) is 1.87. The molecule has 0 aromatic carbocycles. The van der Waals surface area contributed by atoms with Crippen LogP contribution in [0.15, 0.2) is 11.5 Å². The van der Waals surface area contributed by atoms with E-state index < -0.39 is 0 Å². The highest BCUT2D eigenvalue weighted by molar-refractivity contribution is 5.72. The molecule has 9 heavy (non-hydrogen) atoms. The molecule has 0 atom stereocenters. The normalized spacial score (nSPS) is 12.2. The van der Waals surface area contributed by atoms with E-state index in [9.17, 15) is 4.79 Å². The van der Waals surface area contributed by atoms with E-state index >= 15 is 0 Å². The Morgan fingerprint density at radius 1 is 1.78 bits per heavy atom. The minimum atomic E-state index is 0.164. The lowest BCUT2D eigenvalue weighted by atomic mass is 10.4. The van der Waals surface area contributed by atoms with Gasteiger partial charge in [0.25, 0.3) is 0 Å². The van der Waals surface area contributed by atoms with E-state index in [4.69, 9.17) is 10.5 Å². The topological polar surface area (TPSA) is 52.3 Å². The summed E-state index contributed by atoms with van der Waals surface area (Å²) in [5, 5.41) is 0. The van der Waals surface area contributed by atoms with Crippen LogP contribution in [0, 0.1) is 0 Å². The van der Waals surface area contributed by atoms with Crippen molar-refractivity contribution in [3.05, 3.63) is 11.5 Å². The van der Waals surface area contributed by atoms with Crippen LogP contribution in [0.3, 0.4) is 0 Å². The summed E-state index contributed by atoms with van der Waals surface area (Å²) >= 11 is 0. The minimum Gasteiger partial charge on any atom is -0.496 e. The lowest BCUT2D eigenvalue weighted by Gasteiger charge is -2.01. The summed E-state index contributed by atoms with van der Waals surface area (Å²) in [4.78, 5) is 9.96. The second-order valence-electron chi connectivity index (χ2n) is 1.56. The van der Waals surface area contributed by atoms with Gasteiger partial charge in [0.15, 0.2) is 6.29 Å². The predicted molar refractivity (Wildman–Crippen MR) is 34.6 cm³/mol. The van der Waals surface area contributed by atoms with Crippen LogP contribution < -0.4 is 5.73 Å². The van der Waals surface area contributed by atoms with Crippen LogP contribution in [-0.4, -0.2) is 12.9 Å². The van der Waals surface area contributed by atoms with Crippen molar-refractivity contribution >= 4 is 6.29 Å². The molecule has 0 spiro atoms. The Bertz CT molecular complexity index is 129. The zero-order valence-corrected chi connectivity index (χ0v) is 5.68. The quantitative estimate of drug-likeness (QED) is 0.341. The number of nitrogens with two attached hydrogens (primary N) is 1. The fraction of sp³-hybridized carbons (Fsp3) is 0.500. The molecule has 0 aliphatic rings. The first-order chi connectivity index (χ1) is 4.22. The van der Waals surface area contributed by atoms with Crippen LogP contribution in [-0.2, 0) is 9.53 Å². The molecular weight excluding hydrogens is 118 g/mol. The van der Waals surface area contributed by atoms with Gasteiger partial charge in [0, 0.05) is 0 Å². The predicted octanol–water partition coefficient (Wildman–Crippen LogP) is 0.412. The first kappa shape index (κ1) is 8.01. The molecule has 0 radical (unpaired) electrons. The monoisotopic (exact) mass is 129 g/mol. The number of allylic oxidation sites excluding steroid dienone is 2. The molecule has 0 unspecified atom stereocenters. The fourth-order valence-electron chi connectivity index (χ4n) is 0.383. The van der Waals surface area contributed by atoms with E-state index in [-0.39, 0.29) is 5.70 Å². The Morgan fingerprint density at radius 3 is 2.67 bits per heavy atom. The molecule has 52 valence electrons. The molecule has 3 nitrogen and oxygen atoms in total. The maximum atomic E-state index is 9.96. The highest BCUT2D eigenvalue weighted by Gasteiger charge is 1.93. The number of hydrogen-bond acceptors (Lipinski definition) is 3. The van der Waals surface area contributed by atoms with Crippen molar-refractivity contribution in [2.75, 3.05) is 6.61 Å². The van der Waals surface area contributed by atoms with Crippen molar-refractivity contribution in [3.63, 3.8) is 0 Å². The maximum absolute atomic E-state index is 9.96. The average molecular weight is 129 g/mol. The molecule has 0 aromatic heterocycles. The third kappa shape index (κ3) is 2.74. The Hall–Kier alpha value is -0.990. The van der Waals surface area contributed by atoms with E-state index in [2.05, 4.69) is 0 Å². The lowest BCUT2D eigenvalue weighted by molar-refractivity contribution is -0.105. The Balaban J connectivity index is 3.93. The van der Waals surface area contributed by atoms with Gasteiger partial charge in [0.2, 0.25) is 0 Å². The molecule has 0 bridgehead atoms. The van der Waals surface area contributed by atoms with E-state index in [0.717, 1.165) is 0 Å². The van der Waals surface area contributed by atoms with Crippen LogP contribution in [0.25, 0.3) is 0 Å². The van der Waals surface area contributed by atoms with Crippen LogP contribution in [0.5, 0.6) is 0 Å². The second kappa shape index (κ2) is 3.95. The van der Waals surface area contributed by atoms with E-state index in [1.807, 2.05) is 6.92 Å². The van der Waals surface area contributed by atoms with E-state index in [1.54, 1.807) is 6.92 Å². The van der Waals surface area contributed by atoms with Crippen molar-refractivity contribution in [2.24, 2.45) is 5.73 Å². The summed E-state index contributed by atoms with van der Waals surface area (Å²) in [6.45, 7) is 4.04. The first-order valence-corrected chi connectivity index (χ1v) is 2.76. The van der Waals surface area contributed by atoms with Gasteiger partial charge < -0.3 is 10.5 Å². The van der Waals surface area contributed by atoms with Crippen molar-refractivity contribution < 1.29 is 9.53 Å². The number of hydrogen-bond donors (Lipinski definition) is 1. The smallest absolute Gasteiger partial charge is 0.169 e. The van der Waals surface area contributed by atoms with Crippen LogP contribution in [0.1, 0.15) is 13.8 Å². The van der Waals surface area contributed by atoms with Gasteiger partial charge in [0.05, 0.1) is 6.61 Å². The summed E-state index contributed by atoms with van der Waals surface area (Å²) in [6.07, 6.45) is 0.574. The highest BCUT2D eigenvalue weighted by atomic mass is 16.5. The van der Waals surface area contributed by atoms with Gasteiger partial charge in [-0.25, -0.2) is 0 Å². The molecule has 0 fully saturated rings. The van der Waals surface area contributed by atoms with Gasteiger partial charge in [-0.1, -0.05) is 0 Å². The van der Waals surface area contributed by atoms with Gasteiger partial charge in [-0.2, -0.15) is 0 Å². The zero-order chi connectivity index (χ0) is 7.28. The minimum absolute atomic E-state index is 0.164. The second-order valence-corrected chi connectivity index (χ2v) is 1.56. The lowest BCUT2D eigenvalue weighted by Crippen LogP contribution is -2.04.